The first-order chi connectivity index (χ1) is 15.7. The van der Waals surface area contributed by atoms with E-state index in [0.717, 1.165) is 0 Å². The fourth-order valence-corrected chi connectivity index (χ4v) is 3.63. The molecule has 4 rings (SSSR count). The molecule has 0 aromatic carbocycles. The number of rotatable bonds is 6. The standard InChI is InChI=1S/C23H21Cl2N5O3/c1-12(2)22-26-6-5-17(29-22)18-8-19(16(24)9-27-18)30-13(3)7-20(21(25)23(30)31)33-11-15-10-32-14(4)28-15/h5-10,12H,11H2,1-4H3. The van der Waals surface area contributed by atoms with Crippen LogP contribution in [0.5, 0.6) is 5.75 Å². The lowest BCUT2D eigenvalue weighted by Gasteiger charge is -2.16. The molecule has 10 heteroatoms. The predicted octanol–water partition coefficient (Wildman–Crippen LogP) is 5.30. The van der Waals surface area contributed by atoms with Gasteiger partial charge in [0.1, 0.15) is 35.2 Å². The summed E-state index contributed by atoms with van der Waals surface area (Å²) in [6.07, 6.45) is 4.67. The molecule has 170 valence electrons. The van der Waals surface area contributed by atoms with E-state index < -0.39 is 5.56 Å². The average molecular weight is 486 g/mol. The van der Waals surface area contributed by atoms with Gasteiger partial charge in [0.25, 0.3) is 5.56 Å². The molecule has 0 unspecified atom stereocenters. The fourth-order valence-electron chi connectivity index (χ4n) is 3.25. The van der Waals surface area contributed by atoms with E-state index in [-0.39, 0.29) is 23.3 Å². The maximum atomic E-state index is 13.2. The molecule has 0 amide bonds. The Kier molecular flexibility index (Phi) is 6.49. The highest BCUT2D eigenvalue weighted by atomic mass is 35.5. The quantitative estimate of drug-likeness (QED) is 0.365. The first-order valence-electron chi connectivity index (χ1n) is 10.2. The van der Waals surface area contributed by atoms with Gasteiger partial charge in [0.2, 0.25) is 0 Å². The van der Waals surface area contributed by atoms with Crippen molar-refractivity contribution in [3.05, 3.63) is 80.4 Å². The first-order valence-corrected chi connectivity index (χ1v) is 11.0. The summed E-state index contributed by atoms with van der Waals surface area (Å²) in [4.78, 5) is 30.6. The van der Waals surface area contributed by atoms with Gasteiger partial charge in [0.05, 0.1) is 22.1 Å². The summed E-state index contributed by atoms with van der Waals surface area (Å²) in [7, 11) is 0. The minimum Gasteiger partial charge on any atom is -0.485 e. The summed E-state index contributed by atoms with van der Waals surface area (Å²) in [5.41, 5.74) is 2.34. The number of halogens is 2. The summed E-state index contributed by atoms with van der Waals surface area (Å²) in [6, 6.07) is 5.14. The van der Waals surface area contributed by atoms with Crippen LogP contribution in [0.1, 0.15) is 42.9 Å². The summed E-state index contributed by atoms with van der Waals surface area (Å²) < 4.78 is 12.3. The molecule has 0 bridgehead atoms. The van der Waals surface area contributed by atoms with Gasteiger partial charge < -0.3 is 9.15 Å². The van der Waals surface area contributed by atoms with Crippen molar-refractivity contribution in [2.24, 2.45) is 0 Å². The van der Waals surface area contributed by atoms with Crippen LogP contribution in [0.3, 0.4) is 0 Å². The van der Waals surface area contributed by atoms with E-state index in [2.05, 4.69) is 19.9 Å². The van der Waals surface area contributed by atoms with Crippen molar-refractivity contribution in [3.63, 3.8) is 0 Å². The van der Waals surface area contributed by atoms with E-state index in [1.807, 2.05) is 13.8 Å². The molecule has 0 aliphatic rings. The Labute approximate surface area is 200 Å². The molecular formula is C23H21Cl2N5O3. The number of nitrogens with zero attached hydrogens (tertiary/aromatic N) is 5. The lowest BCUT2D eigenvalue weighted by Crippen LogP contribution is -2.22. The van der Waals surface area contributed by atoms with Crippen LogP contribution in [0.15, 0.2) is 46.1 Å². The largest absolute Gasteiger partial charge is 0.485 e. The van der Waals surface area contributed by atoms with Crippen molar-refractivity contribution >= 4 is 23.2 Å². The zero-order valence-electron chi connectivity index (χ0n) is 18.5. The summed E-state index contributed by atoms with van der Waals surface area (Å²) in [6.45, 7) is 7.64. The lowest BCUT2D eigenvalue weighted by molar-refractivity contribution is 0.300. The van der Waals surface area contributed by atoms with Gasteiger partial charge >= 0.3 is 0 Å². The van der Waals surface area contributed by atoms with Gasteiger partial charge in [0, 0.05) is 37.0 Å². The van der Waals surface area contributed by atoms with E-state index in [1.54, 1.807) is 38.2 Å². The minimum absolute atomic E-state index is 0.0700. The van der Waals surface area contributed by atoms with Crippen LogP contribution in [-0.2, 0) is 6.61 Å². The molecular weight excluding hydrogens is 465 g/mol. The van der Waals surface area contributed by atoms with Gasteiger partial charge in [-0.3, -0.25) is 14.3 Å². The highest BCUT2D eigenvalue weighted by molar-refractivity contribution is 6.33. The Morgan fingerprint density at radius 2 is 1.91 bits per heavy atom. The molecule has 0 saturated carbocycles. The molecule has 0 N–H and O–H groups in total. The molecule has 33 heavy (non-hydrogen) atoms. The van der Waals surface area contributed by atoms with Gasteiger partial charge in [-0.25, -0.2) is 15.0 Å². The lowest BCUT2D eigenvalue weighted by atomic mass is 10.2. The number of aromatic nitrogens is 5. The van der Waals surface area contributed by atoms with Crippen LogP contribution in [0, 0.1) is 13.8 Å². The monoisotopic (exact) mass is 485 g/mol. The summed E-state index contributed by atoms with van der Waals surface area (Å²) in [5.74, 6) is 1.64. The number of pyridine rings is 2. The SMILES string of the molecule is Cc1nc(COc2cc(C)n(-c3cc(-c4ccnc(C(C)C)n4)ncc3Cl)c(=O)c2Cl)co1. The number of aryl methyl sites for hydroxylation is 2. The second-order valence-electron chi connectivity index (χ2n) is 7.73. The first kappa shape index (κ1) is 22.9. The van der Waals surface area contributed by atoms with Gasteiger partial charge in [-0.15, -0.1) is 0 Å². The number of hydrogen-bond acceptors (Lipinski definition) is 7. The van der Waals surface area contributed by atoms with Gasteiger partial charge in [-0.2, -0.15) is 0 Å². The van der Waals surface area contributed by atoms with Gasteiger partial charge in [-0.05, 0) is 19.1 Å². The second-order valence-corrected chi connectivity index (χ2v) is 8.51. The van der Waals surface area contributed by atoms with Crippen LogP contribution in [-0.4, -0.2) is 24.5 Å². The highest BCUT2D eigenvalue weighted by Crippen LogP contribution is 2.29. The number of oxazole rings is 1. The van der Waals surface area contributed by atoms with E-state index in [0.29, 0.717) is 45.2 Å². The van der Waals surface area contributed by atoms with Crippen molar-refractivity contribution in [1.82, 2.24) is 24.5 Å². The Bertz CT molecular complexity index is 1380. The topological polar surface area (TPSA) is 95.9 Å². The van der Waals surface area contributed by atoms with Crippen LogP contribution in [0.2, 0.25) is 10.0 Å². The molecule has 0 radical (unpaired) electrons. The van der Waals surface area contributed by atoms with Crippen molar-refractivity contribution < 1.29 is 9.15 Å². The zero-order chi connectivity index (χ0) is 23.7. The zero-order valence-corrected chi connectivity index (χ0v) is 20.0. The van der Waals surface area contributed by atoms with Crippen LogP contribution >= 0.6 is 23.2 Å². The smallest absolute Gasteiger partial charge is 0.277 e. The molecule has 0 aliphatic heterocycles. The van der Waals surface area contributed by atoms with Crippen LogP contribution < -0.4 is 10.3 Å². The third kappa shape index (κ3) is 4.77. The predicted molar refractivity (Wildman–Crippen MR) is 125 cm³/mol. The molecule has 4 aromatic rings. The number of ether oxygens (including phenoxy) is 1. The molecule has 0 spiro atoms. The van der Waals surface area contributed by atoms with Gasteiger partial charge in [0.15, 0.2) is 5.89 Å². The average Bonchev–Trinajstić information content (AvgIpc) is 3.21. The Morgan fingerprint density at radius 3 is 2.61 bits per heavy atom. The second kappa shape index (κ2) is 9.33. The van der Waals surface area contributed by atoms with Crippen LogP contribution in [0.25, 0.3) is 17.1 Å². The maximum Gasteiger partial charge on any atom is 0.277 e. The molecule has 8 nitrogen and oxygen atoms in total. The third-order valence-electron chi connectivity index (χ3n) is 4.87. The highest BCUT2D eigenvalue weighted by Gasteiger charge is 2.18. The van der Waals surface area contributed by atoms with Crippen molar-refractivity contribution in [2.75, 3.05) is 0 Å². The minimum atomic E-state index is -0.465. The number of hydrogen-bond donors (Lipinski definition) is 0. The van der Waals surface area contributed by atoms with E-state index in [1.165, 1.54) is 17.0 Å². The molecule has 0 fully saturated rings. The summed E-state index contributed by atoms with van der Waals surface area (Å²) in [5, 5.41) is 0.226. The molecule has 4 aromatic heterocycles. The van der Waals surface area contributed by atoms with Crippen LogP contribution in [0.4, 0.5) is 0 Å². The van der Waals surface area contributed by atoms with Crippen molar-refractivity contribution in [2.45, 2.75) is 40.2 Å². The molecule has 0 aliphatic carbocycles. The van der Waals surface area contributed by atoms with E-state index >= 15 is 0 Å². The third-order valence-corrected chi connectivity index (χ3v) is 5.51. The van der Waals surface area contributed by atoms with E-state index in [4.69, 9.17) is 32.4 Å². The fraction of sp³-hybridized carbons (Fsp3) is 0.261. The summed E-state index contributed by atoms with van der Waals surface area (Å²) >= 11 is 12.8. The van der Waals surface area contributed by atoms with E-state index in [9.17, 15) is 4.79 Å². The molecule has 4 heterocycles. The Balaban J connectivity index is 1.73. The van der Waals surface area contributed by atoms with Gasteiger partial charge in [-0.1, -0.05) is 37.0 Å². The Morgan fingerprint density at radius 1 is 1.12 bits per heavy atom. The van der Waals surface area contributed by atoms with Crippen molar-refractivity contribution in [3.8, 4) is 22.8 Å². The Hall–Kier alpha value is -3.23. The molecule has 0 atom stereocenters. The van der Waals surface area contributed by atoms with Crippen molar-refractivity contribution in [1.29, 1.82) is 0 Å². The normalized spacial score (nSPS) is 11.2. The molecule has 0 saturated heterocycles. The maximum absolute atomic E-state index is 13.2.